The van der Waals surface area contributed by atoms with Crippen LogP contribution in [-0.2, 0) is 6.42 Å². The molecule has 7 heteroatoms. The average molecular weight is 383 g/mol. The molecule has 3 rings (SSSR count). The molecule has 0 saturated carbocycles. The number of hydrogen-bond acceptors (Lipinski definition) is 4. The second-order valence-corrected chi connectivity index (χ2v) is 6.21. The van der Waals surface area contributed by atoms with Crippen molar-refractivity contribution in [3.63, 3.8) is 0 Å². The van der Waals surface area contributed by atoms with Crippen molar-refractivity contribution in [2.75, 3.05) is 18.5 Å². The summed E-state index contributed by atoms with van der Waals surface area (Å²) in [5.74, 6) is 0.741. The number of nitrogens with zero attached hydrogens (tertiary/aromatic N) is 1. The van der Waals surface area contributed by atoms with Crippen molar-refractivity contribution in [2.45, 2.75) is 20.3 Å². The normalized spacial score (nSPS) is 10.5. The van der Waals surface area contributed by atoms with Gasteiger partial charge in [-0.15, -0.1) is 0 Å². The van der Waals surface area contributed by atoms with Gasteiger partial charge in [-0.1, -0.05) is 6.07 Å². The topological polar surface area (TPSA) is 76.4 Å². The Hall–Kier alpha value is -3.35. The predicted molar refractivity (Wildman–Crippen MR) is 105 cm³/mol. The Morgan fingerprint density at radius 1 is 1.21 bits per heavy atom. The standard InChI is InChI=1S/C21H22FN3O3/c1-3-27-19-12-14(2)4-9-18(19)25-21(26)23-11-10-17-13-28-20(24-17)15-5-7-16(22)8-6-15/h4-9,12-13H,3,10-11H2,1-2H3,(H2,23,25,26). The molecule has 6 nitrogen and oxygen atoms in total. The number of nitrogens with one attached hydrogen (secondary N) is 2. The fourth-order valence-corrected chi connectivity index (χ4v) is 2.63. The lowest BCUT2D eigenvalue weighted by atomic mass is 10.2. The Morgan fingerprint density at radius 3 is 2.75 bits per heavy atom. The zero-order chi connectivity index (χ0) is 19.9. The van der Waals surface area contributed by atoms with Crippen molar-refractivity contribution in [2.24, 2.45) is 0 Å². The van der Waals surface area contributed by atoms with Crippen molar-refractivity contribution < 1.29 is 18.3 Å². The Bertz CT molecular complexity index is 938. The summed E-state index contributed by atoms with van der Waals surface area (Å²) < 4.78 is 24.0. The third kappa shape index (κ3) is 5.09. The summed E-state index contributed by atoms with van der Waals surface area (Å²) in [5, 5.41) is 5.57. The fraction of sp³-hybridized carbons (Fsp3) is 0.238. The van der Waals surface area contributed by atoms with Gasteiger partial charge in [-0.25, -0.2) is 14.2 Å². The number of hydrogen-bond donors (Lipinski definition) is 2. The Labute approximate surface area is 162 Å². The van der Waals surface area contributed by atoms with Crippen LogP contribution < -0.4 is 15.4 Å². The third-order valence-corrected chi connectivity index (χ3v) is 3.99. The minimum atomic E-state index is -0.327. The third-order valence-electron chi connectivity index (χ3n) is 3.99. The van der Waals surface area contributed by atoms with Crippen LogP contribution >= 0.6 is 0 Å². The highest BCUT2D eigenvalue weighted by atomic mass is 19.1. The van der Waals surface area contributed by atoms with Crippen LogP contribution in [0.25, 0.3) is 11.5 Å². The van der Waals surface area contributed by atoms with Gasteiger partial charge in [-0.3, -0.25) is 0 Å². The Morgan fingerprint density at radius 2 is 2.00 bits per heavy atom. The number of oxazole rings is 1. The quantitative estimate of drug-likeness (QED) is 0.627. The van der Waals surface area contributed by atoms with E-state index in [-0.39, 0.29) is 11.8 Å². The molecule has 2 aromatic carbocycles. The highest BCUT2D eigenvalue weighted by Crippen LogP contribution is 2.25. The van der Waals surface area contributed by atoms with Crippen LogP contribution in [0.4, 0.5) is 14.9 Å². The van der Waals surface area contributed by atoms with Gasteiger partial charge in [0.05, 0.1) is 18.0 Å². The molecule has 0 aliphatic rings. The lowest BCUT2D eigenvalue weighted by Gasteiger charge is -2.12. The molecule has 28 heavy (non-hydrogen) atoms. The van der Waals surface area contributed by atoms with E-state index < -0.39 is 0 Å². The summed E-state index contributed by atoms with van der Waals surface area (Å²) in [6.45, 7) is 4.76. The monoisotopic (exact) mass is 383 g/mol. The van der Waals surface area contributed by atoms with Gasteiger partial charge in [0.15, 0.2) is 0 Å². The second-order valence-electron chi connectivity index (χ2n) is 6.21. The van der Waals surface area contributed by atoms with Crippen LogP contribution in [0.15, 0.2) is 53.1 Å². The summed E-state index contributed by atoms with van der Waals surface area (Å²) in [7, 11) is 0. The number of carbonyl (C=O) groups excluding carboxylic acids is 1. The van der Waals surface area contributed by atoms with Crippen LogP contribution in [-0.4, -0.2) is 24.2 Å². The largest absolute Gasteiger partial charge is 0.492 e. The summed E-state index contributed by atoms with van der Waals surface area (Å²) in [6, 6.07) is 11.2. The number of halogens is 1. The molecule has 0 spiro atoms. The van der Waals surface area contributed by atoms with Gasteiger partial charge in [-0.05, 0) is 55.8 Å². The highest BCUT2D eigenvalue weighted by molar-refractivity contribution is 5.91. The lowest BCUT2D eigenvalue weighted by molar-refractivity contribution is 0.252. The number of benzene rings is 2. The van der Waals surface area contributed by atoms with Crippen LogP contribution in [0.5, 0.6) is 5.75 Å². The summed E-state index contributed by atoms with van der Waals surface area (Å²) in [4.78, 5) is 16.5. The van der Waals surface area contributed by atoms with Crippen molar-refractivity contribution in [3.05, 3.63) is 65.8 Å². The molecule has 0 unspecified atom stereocenters. The minimum absolute atomic E-state index is 0.313. The van der Waals surface area contributed by atoms with E-state index in [2.05, 4.69) is 15.6 Å². The Balaban J connectivity index is 1.51. The van der Waals surface area contributed by atoms with Gasteiger partial charge in [0.25, 0.3) is 0 Å². The van der Waals surface area contributed by atoms with Gasteiger partial charge in [0, 0.05) is 18.5 Å². The van der Waals surface area contributed by atoms with Crippen molar-refractivity contribution >= 4 is 11.7 Å². The van der Waals surface area contributed by atoms with E-state index in [1.807, 2.05) is 32.0 Å². The van der Waals surface area contributed by atoms with Gasteiger partial charge in [0.1, 0.15) is 17.8 Å². The van der Waals surface area contributed by atoms with E-state index in [1.54, 1.807) is 12.1 Å². The molecule has 3 aromatic rings. The number of ether oxygens (including phenoxy) is 1. The molecule has 0 atom stereocenters. The number of aromatic nitrogens is 1. The zero-order valence-corrected chi connectivity index (χ0v) is 15.8. The summed E-state index contributed by atoms with van der Waals surface area (Å²) in [6.07, 6.45) is 2.04. The number of urea groups is 1. The Kier molecular flexibility index (Phi) is 6.26. The number of aryl methyl sites for hydroxylation is 1. The maximum atomic E-state index is 13.0. The predicted octanol–water partition coefficient (Wildman–Crippen LogP) is 4.55. The van der Waals surface area contributed by atoms with E-state index in [9.17, 15) is 9.18 Å². The highest BCUT2D eigenvalue weighted by Gasteiger charge is 2.10. The first-order valence-corrected chi connectivity index (χ1v) is 9.04. The molecule has 0 radical (unpaired) electrons. The number of rotatable bonds is 7. The minimum Gasteiger partial charge on any atom is -0.492 e. The van der Waals surface area contributed by atoms with Gasteiger partial charge in [-0.2, -0.15) is 0 Å². The number of anilines is 1. The van der Waals surface area contributed by atoms with Crippen LogP contribution in [0.3, 0.4) is 0 Å². The molecule has 0 saturated heterocycles. The van der Waals surface area contributed by atoms with Gasteiger partial charge in [0.2, 0.25) is 5.89 Å². The molecule has 0 aliphatic carbocycles. The number of amides is 2. The SMILES string of the molecule is CCOc1cc(C)ccc1NC(=O)NCCc1coc(-c2ccc(F)cc2)n1. The van der Waals surface area contributed by atoms with E-state index in [4.69, 9.17) is 9.15 Å². The lowest BCUT2D eigenvalue weighted by Crippen LogP contribution is -2.30. The zero-order valence-electron chi connectivity index (χ0n) is 15.8. The molecule has 1 heterocycles. The summed E-state index contributed by atoms with van der Waals surface area (Å²) >= 11 is 0. The van der Waals surface area contributed by atoms with Crippen molar-refractivity contribution in [1.29, 1.82) is 0 Å². The van der Waals surface area contributed by atoms with E-state index in [1.165, 1.54) is 18.4 Å². The first-order valence-electron chi connectivity index (χ1n) is 9.04. The van der Waals surface area contributed by atoms with Crippen LogP contribution in [0, 0.1) is 12.7 Å². The van der Waals surface area contributed by atoms with E-state index in [0.29, 0.717) is 48.2 Å². The smallest absolute Gasteiger partial charge is 0.319 e. The van der Waals surface area contributed by atoms with Crippen LogP contribution in [0.2, 0.25) is 0 Å². The molecule has 0 bridgehead atoms. The first kappa shape index (κ1) is 19.4. The maximum absolute atomic E-state index is 13.0. The van der Waals surface area contributed by atoms with Gasteiger partial charge >= 0.3 is 6.03 Å². The first-order chi connectivity index (χ1) is 13.5. The molecular formula is C21H22FN3O3. The average Bonchev–Trinajstić information content (AvgIpc) is 3.14. The van der Waals surface area contributed by atoms with Crippen molar-refractivity contribution in [3.8, 4) is 17.2 Å². The molecule has 1 aromatic heterocycles. The molecule has 0 fully saturated rings. The fourth-order valence-electron chi connectivity index (χ4n) is 2.63. The molecule has 2 amide bonds. The maximum Gasteiger partial charge on any atom is 0.319 e. The second kappa shape index (κ2) is 9.03. The summed E-state index contributed by atoms with van der Waals surface area (Å²) in [5.41, 5.74) is 3.06. The molecule has 146 valence electrons. The van der Waals surface area contributed by atoms with Gasteiger partial charge < -0.3 is 19.8 Å². The molecule has 0 aliphatic heterocycles. The number of carbonyl (C=O) groups is 1. The van der Waals surface area contributed by atoms with E-state index >= 15 is 0 Å². The van der Waals surface area contributed by atoms with Crippen LogP contribution in [0.1, 0.15) is 18.2 Å². The van der Waals surface area contributed by atoms with Crippen molar-refractivity contribution in [1.82, 2.24) is 10.3 Å². The molecular weight excluding hydrogens is 361 g/mol. The molecule has 2 N–H and O–H groups in total. The van der Waals surface area contributed by atoms with E-state index in [0.717, 1.165) is 5.56 Å².